The highest BCUT2D eigenvalue weighted by molar-refractivity contribution is 5.92. The van der Waals surface area contributed by atoms with Gasteiger partial charge in [-0.3, -0.25) is 4.79 Å². The molecule has 5 nitrogen and oxygen atoms in total. The third-order valence-corrected chi connectivity index (χ3v) is 3.04. The molecule has 1 unspecified atom stereocenters. The van der Waals surface area contributed by atoms with E-state index in [-0.39, 0.29) is 36.7 Å². The van der Waals surface area contributed by atoms with Crippen LogP contribution in [0.25, 0.3) is 0 Å². The van der Waals surface area contributed by atoms with Crippen LogP contribution in [0.5, 0.6) is 5.75 Å². The summed E-state index contributed by atoms with van der Waals surface area (Å²) in [5.41, 5.74) is 0.528. The average molecular weight is 337 g/mol. The fraction of sp³-hybridized carbons (Fsp3) is 0.500. The minimum Gasteiger partial charge on any atom is -0.435 e. The van der Waals surface area contributed by atoms with Gasteiger partial charge in [0.25, 0.3) is 0 Å². The van der Waals surface area contributed by atoms with Crippen molar-refractivity contribution in [3.8, 4) is 5.75 Å². The summed E-state index contributed by atoms with van der Waals surface area (Å²) in [6.45, 7) is -1.25. The van der Waals surface area contributed by atoms with Crippen molar-refractivity contribution in [2.45, 2.75) is 25.6 Å². The van der Waals surface area contributed by atoms with E-state index in [1.165, 1.54) is 24.3 Å². The Labute approximate surface area is 133 Å². The molecule has 124 valence electrons. The lowest BCUT2D eigenvalue weighted by molar-refractivity contribution is -0.115. The molecule has 1 aromatic carbocycles. The molecular weight excluding hydrogens is 318 g/mol. The van der Waals surface area contributed by atoms with Crippen LogP contribution in [0.2, 0.25) is 0 Å². The average Bonchev–Trinajstić information content (AvgIpc) is 2.93. The first kappa shape index (κ1) is 18.6. The van der Waals surface area contributed by atoms with Crippen molar-refractivity contribution in [1.29, 1.82) is 0 Å². The van der Waals surface area contributed by atoms with Crippen LogP contribution in [-0.2, 0) is 9.53 Å². The van der Waals surface area contributed by atoms with Crippen LogP contribution in [0.4, 0.5) is 14.5 Å². The molecule has 2 N–H and O–H groups in total. The number of ether oxygens (including phenoxy) is 2. The van der Waals surface area contributed by atoms with E-state index in [1.54, 1.807) is 0 Å². The van der Waals surface area contributed by atoms with Gasteiger partial charge in [0, 0.05) is 18.8 Å². The molecule has 1 saturated heterocycles. The van der Waals surface area contributed by atoms with Crippen LogP contribution in [0.15, 0.2) is 24.3 Å². The Morgan fingerprint density at radius 1 is 1.36 bits per heavy atom. The van der Waals surface area contributed by atoms with Crippen molar-refractivity contribution < 1.29 is 23.0 Å². The monoisotopic (exact) mass is 336 g/mol. The van der Waals surface area contributed by atoms with Gasteiger partial charge in [-0.05, 0) is 37.1 Å². The maximum atomic E-state index is 12.0. The number of nitrogens with one attached hydrogen (secondary N) is 2. The topological polar surface area (TPSA) is 59.6 Å². The van der Waals surface area contributed by atoms with E-state index in [9.17, 15) is 13.6 Å². The summed E-state index contributed by atoms with van der Waals surface area (Å²) in [4.78, 5) is 11.7. The second-order valence-electron chi connectivity index (χ2n) is 4.72. The number of anilines is 1. The van der Waals surface area contributed by atoms with Crippen LogP contribution in [0.1, 0.15) is 12.8 Å². The maximum Gasteiger partial charge on any atom is 0.387 e. The van der Waals surface area contributed by atoms with Gasteiger partial charge in [-0.25, -0.2) is 0 Å². The van der Waals surface area contributed by atoms with Crippen LogP contribution >= 0.6 is 12.4 Å². The number of amides is 1. The normalized spacial score (nSPS) is 17.1. The predicted molar refractivity (Wildman–Crippen MR) is 80.8 cm³/mol. The number of hydrogen-bond acceptors (Lipinski definition) is 4. The zero-order chi connectivity index (χ0) is 15.1. The number of alkyl halides is 2. The molecule has 2 rings (SSSR count). The van der Waals surface area contributed by atoms with Crippen molar-refractivity contribution in [1.82, 2.24) is 5.32 Å². The largest absolute Gasteiger partial charge is 0.435 e. The van der Waals surface area contributed by atoms with E-state index in [0.717, 1.165) is 19.4 Å². The van der Waals surface area contributed by atoms with Crippen molar-refractivity contribution in [2.24, 2.45) is 0 Å². The molecular formula is C14H19ClF2N2O3. The van der Waals surface area contributed by atoms with Gasteiger partial charge in [-0.15, -0.1) is 12.4 Å². The van der Waals surface area contributed by atoms with Gasteiger partial charge in [0.15, 0.2) is 0 Å². The van der Waals surface area contributed by atoms with Gasteiger partial charge in [0.05, 0.1) is 12.6 Å². The highest BCUT2D eigenvalue weighted by Gasteiger charge is 2.15. The van der Waals surface area contributed by atoms with Gasteiger partial charge < -0.3 is 20.1 Å². The van der Waals surface area contributed by atoms with Crippen LogP contribution in [0, 0.1) is 0 Å². The van der Waals surface area contributed by atoms with Gasteiger partial charge in [-0.2, -0.15) is 8.78 Å². The summed E-state index contributed by atoms with van der Waals surface area (Å²) in [5, 5.41) is 5.69. The summed E-state index contributed by atoms with van der Waals surface area (Å²) >= 11 is 0. The summed E-state index contributed by atoms with van der Waals surface area (Å²) in [6.07, 6.45) is 2.26. The summed E-state index contributed by atoms with van der Waals surface area (Å²) in [6, 6.07) is 5.77. The van der Waals surface area contributed by atoms with Crippen LogP contribution in [0.3, 0.4) is 0 Å². The minimum absolute atomic E-state index is 0. The van der Waals surface area contributed by atoms with Crippen molar-refractivity contribution >= 4 is 24.0 Å². The quantitative estimate of drug-likeness (QED) is 0.803. The Kier molecular flexibility index (Phi) is 8.08. The smallest absolute Gasteiger partial charge is 0.387 e. The van der Waals surface area contributed by atoms with Crippen molar-refractivity contribution in [3.63, 3.8) is 0 Å². The summed E-state index contributed by atoms with van der Waals surface area (Å²) < 4.78 is 33.6. The van der Waals surface area contributed by atoms with Crippen molar-refractivity contribution in [3.05, 3.63) is 24.3 Å². The molecule has 22 heavy (non-hydrogen) atoms. The lowest BCUT2D eigenvalue weighted by atomic mass is 10.2. The van der Waals surface area contributed by atoms with Gasteiger partial charge in [0.1, 0.15) is 5.75 Å². The molecule has 0 aromatic heterocycles. The molecule has 8 heteroatoms. The number of benzene rings is 1. The zero-order valence-electron chi connectivity index (χ0n) is 11.9. The van der Waals surface area contributed by atoms with Gasteiger partial charge in [0.2, 0.25) is 5.91 Å². The molecule has 1 aromatic rings. The molecule has 0 saturated carbocycles. The molecule has 1 aliphatic rings. The molecule has 1 fully saturated rings. The van der Waals surface area contributed by atoms with E-state index in [4.69, 9.17) is 4.74 Å². The Balaban J connectivity index is 0.00000242. The van der Waals surface area contributed by atoms with E-state index in [0.29, 0.717) is 12.2 Å². The van der Waals surface area contributed by atoms with Gasteiger partial charge in [-0.1, -0.05) is 0 Å². The Bertz CT molecular complexity index is 454. The Hall–Kier alpha value is -1.44. The molecule has 1 amide bonds. The third kappa shape index (κ3) is 6.55. The lowest BCUT2D eigenvalue weighted by Crippen LogP contribution is -2.33. The van der Waals surface area contributed by atoms with E-state index in [1.807, 2.05) is 0 Å². The third-order valence-electron chi connectivity index (χ3n) is 3.04. The fourth-order valence-electron chi connectivity index (χ4n) is 2.08. The Morgan fingerprint density at radius 3 is 2.68 bits per heavy atom. The molecule has 1 atom stereocenters. The SMILES string of the molecule is Cl.O=C(CNCC1CCCO1)Nc1ccc(OC(F)F)cc1. The molecule has 1 heterocycles. The molecule has 0 aliphatic carbocycles. The van der Waals surface area contributed by atoms with E-state index in [2.05, 4.69) is 15.4 Å². The van der Waals surface area contributed by atoms with Crippen molar-refractivity contribution in [2.75, 3.05) is 25.0 Å². The second-order valence-corrected chi connectivity index (χ2v) is 4.72. The van der Waals surface area contributed by atoms with E-state index < -0.39 is 6.61 Å². The number of halogens is 3. The number of hydrogen-bond donors (Lipinski definition) is 2. The number of carbonyl (C=O) groups excluding carboxylic acids is 1. The molecule has 0 spiro atoms. The Morgan fingerprint density at radius 2 is 2.09 bits per heavy atom. The first-order chi connectivity index (χ1) is 10.1. The second kappa shape index (κ2) is 9.55. The maximum absolute atomic E-state index is 12.0. The predicted octanol–water partition coefficient (Wildman–Crippen LogP) is 2.42. The summed E-state index contributed by atoms with van der Waals surface area (Å²) in [7, 11) is 0. The highest BCUT2D eigenvalue weighted by atomic mass is 35.5. The standard InChI is InChI=1S/C14H18F2N2O3.ClH/c15-14(16)21-11-5-3-10(4-6-11)18-13(19)9-17-8-12-2-1-7-20-12;/h3-6,12,14,17H,1-2,7-9H2,(H,18,19);1H. The highest BCUT2D eigenvalue weighted by Crippen LogP contribution is 2.17. The first-order valence-corrected chi connectivity index (χ1v) is 6.80. The minimum atomic E-state index is -2.85. The van der Waals surface area contributed by atoms with Gasteiger partial charge >= 0.3 is 6.61 Å². The molecule has 0 radical (unpaired) electrons. The lowest BCUT2D eigenvalue weighted by Gasteiger charge is -2.11. The molecule has 1 aliphatic heterocycles. The van der Waals surface area contributed by atoms with Crippen LogP contribution < -0.4 is 15.4 Å². The summed E-state index contributed by atoms with van der Waals surface area (Å²) in [5.74, 6) is -0.143. The first-order valence-electron chi connectivity index (χ1n) is 6.80. The zero-order valence-corrected chi connectivity index (χ0v) is 12.7. The fourth-order valence-corrected chi connectivity index (χ4v) is 2.08. The molecule has 0 bridgehead atoms. The van der Waals surface area contributed by atoms with Crippen LogP contribution in [-0.4, -0.2) is 38.3 Å². The number of rotatable bonds is 7. The van der Waals surface area contributed by atoms with E-state index >= 15 is 0 Å². The number of carbonyl (C=O) groups is 1.